The average molecular weight is 353 g/mol. The minimum absolute atomic E-state index is 0.236. The number of unbranched alkanes of at least 4 members (excludes halogenated alkanes) is 4. The van der Waals surface area contributed by atoms with E-state index in [4.69, 9.17) is 15.6 Å². The smallest absolute Gasteiger partial charge is 0.323 e. The molecule has 0 aliphatic heterocycles. The molecule has 1 rings (SSSR count). The number of hydrogen-bond donors (Lipinski definition) is 4. The maximum Gasteiger partial charge on any atom is 0.323 e. The van der Waals surface area contributed by atoms with Crippen LogP contribution in [0.1, 0.15) is 51.0 Å². The molecule has 0 saturated carbocycles. The summed E-state index contributed by atoms with van der Waals surface area (Å²) < 4.78 is 5.69. The second kappa shape index (κ2) is 11.8. The Morgan fingerprint density at radius 3 is 2.36 bits per heavy atom. The summed E-state index contributed by atoms with van der Waals surface area (Å²) in [6.45, 7) is 2.90. The molecule has 0 fully saturated rings. The van der Waals surface area contributed by atoms with Crippen molar-refractivity contribution in [2.45, 2.75) is 70.1 Å². The normalized spacial score (nSPS) is 14.7. The number of benzene rings is 1. The van der Waals surface area contributed by atoms with Crippen LogP contribution in [0.2, 0.25) is 0 Å². The lowest BCUT2D eigenvalue weighted by Gasteiger charge is -2.20. The van der Waals surface area contributed by atoms with Crippen LogP contribution in [-0.4, -0.2) is 46.1 Å². The summed E-state index contributed by atoms with van der Waals surface area (Å²) >= 11 is 0. The predicted octanol–water partition coefficient (Wildman–Crippen LogP) is 2.10. The van der Waals surface area contributed by atoms with Crippen LogP contribution in [0.15, 0.2) is 24.3 Å². The van der Waals surface area contributed by atoms with E-state index in [1.165, 1.54) is 25.7 Å². The third-order valence-electron chi connectivity index (χ3n) is 4.22. The first kappa shape index (κ1) is 21.4. The second-order valence-corrected chi connectivity index (χ2v) is 6.37. The fourth-order valence-electron chi connectivity index (χ4n) is 2.52. The van der Waals surface area contributed by atoms with Crippen LogP contribution in [-0.2, 0) is 11.2 Å². The van der Waals surface area contributed by atoms with Gasteiger partial charge in [0.25, 0.3) is 0 Å². The summed E-state index contributed by atoms with van der Waals surface area (Å²) in [6, 6.07) is 6.09. The fourth-order valence-corrected chi connectivity index (χ4v) is 2.52. The number of aryl methyl sites for hydroxylation is 1. The highest BCUT2D eigenvalue weighted by atomic mass is 16.5. The zero-order valence-electron chi connectivity index (χ0n) is 14.9. The maximum absolute atomic E-state index is 10.7. The molecule has 3 unspecified atom stereocenters. The van der Waals surface area contributed by atoms with Crippen LogP contribution >= 0.6 is 0 Å². The Labute approximate surface area is 149 Å². The van der Waals surface area contributed by atoms with E-state index in [0.29, 0.717) is 13.0 Å². The Bertz CT molecular complexity index is 491. The van der Waals surface area contributed by atoms with Gasteiger partial charge in [-0.05, 0) is 37.0 Å². The molecule has 0 spiro atoms. The molecule has 1 aromatic rings. The highest BCUT2D eigenvalue weighted by Crippen LogP contribution is 2.16. The number of rotatable bonds is 13. The van der Waals surface area contributed by atoms with Gasteiger partial charge in [0, 0.05) is 0 Å². The zero-order chi connectivity index (χ0) is 18.7. The molecule has 5 N–H and O–H groups in total. The molecule has 142 valence electrons. The number of carboxylic acids is 1. The number of aliphatic hydroxyl groups excluding tert-OH is 2. The Morgan fingerprint density at radius 1 is 1.12 bits per heavy atom. The van der Waals surface area contributed by atoms with Crippen LogP contribution in [0.25, 0.3) is 0 Å². The first-order valence-electron chi connectivity index (χ1n) is 9.02. The second-order valence-electron chi connectivity index (χ2n) is 6.37. The van der Waals surface area contributed by atoms with E-state index in [1.54, 1.807) is 0 Å². The molecule has 0 aliphatic carbocycles. The van der Waals surface area contributed by atoms with Gasteiger partial charge in [-0.15, -0.1) is 0 Å². The van der Waals surface area contributed by atoms with E-state index >= 15 is 0 Å². The van der Waals surface area contributed by atoms with Gasteiger partial charge in [0.05, 0.1) is 12.7 Å². The first-order chi connectivity index (χ1) is 12.0. The van der Waals surface area contributed by atoms with Gasteiger partial charge in [-0.3, -0.25) is 4.79 Å². The van der Waals surface area contributed by atoms with Gasteiger partial charge < -0.3 is 25.8 Å². The molecule has 0 heterocycles. The summed E-state index contributed by atoms with van der Waals surface area (Å²) in [5, 5.41) is 28.3. The van der Waals surface area contributed by atoms with Gasteiger partial charge in [-0.2, -0.15) is 0 Å². The predicted molar refractivity (Wildman–Crippen MR) is 96.6 cm³/mol. The number of ether oxygens (including phenoxy) is 1. The van der Waals surface area contributed by atoms with E-state index in [1.807, 2.05) is 24.3 Å². The van der Waals surface area contributed by atoms with E-state index < -0.39 is 24.2 Å². The number of hydrogen-bond acceptors (Lipinski definition) is 5. The lowest BCUT2D eigenvalue weighted by Crippen LogP contribution is -2.48. The Balaban J connectivity index is 2.30. The van der Waals surface area contributed by atoms with E-state index in [2.05, 4.69) is 6.92 Å². The summed E-state index contributed by atoms with van der Waals surface area (Å²) in [5.74, 6) is -0.518. The van der Waals surface area contributed by atoms with Crippen molar-refractivity contribution in [2.75, 3.05) is 6.61 Å². The van der Waals surface area contributed by atoms with Gasteiger partial charge in [-0.25, -0.2) is 0 Å². The summed E-state index contributed by atoms with van der Waals surface area (Å²) in [5.41, 5.74) is 6.29. The molecule has 0 radical (unpaired) electrons. The van der Waals surface area contributed by atoms with Crippen molar-refractivity contribution in [3.63, 3.8) is 0 Å². The van der Waals surface area contributed by atoms with Crippen molar-refractivity contribution in [2.24, 2.45) is 5.73 Å². The Morgan fingerprint density at radius 2 is 1.76 bits per heavy atom. The highest BCUT2D eigenvalue weighted by Gasteiger charge is 2.28. The molecular formula is C19H31NO5. The standard InChI is InChI=1S/C19H31NO5/c1-2-3-4-5-6-13-25-15-10-7-14(8-11-15)9-12-16(21)18(22)17(20)19(23)24/h7-8,10-11,16-18,21-22H,2-6,9,12-13,20H2,1H3,(H,23,24). The number of carboxylic acid groups (broad SMARTS) is 1. The topological polar surface area (TPSA) is 113 Å². The molecule has 0 amide bonds. The Kier molecular flexibility index (Phi) is 10.1. The Hall–Kier alpha value is -1.63. The van der Waals surface area contributed by atoms with Gasteiger partial charge in [0.1, 0.15) is 17.9 Å². The van der Waals surface area contributed by atoms with E-state index in [0.717, 1.165) is 17.7 Å². The third kappa shape index (κ3) is 8.34. The van der Waals surface area contributed by atoms with Gasteiger partial charge in [0.2, 0.25) is 0 Å². The molecule has 3 atom stereocenters. The third-order valence-corrected chi connectivity index (χ3v) is 4.22. The summed E-state index contributed by atoms with van der Waals surface area (Å²) in [4.78, 5) is 10.7. The number of aliphatic hydroxyl groups is 2. The largest absolute Gasteiger partial charge is 0.494 e. The van der Waals surface area contributed by atoms with Gasteiger partial charge in [0.15, 0.2) is 0 Å². The molecule has 0 saturated heterocycles. The molecule has 6 nitrogen and oxygen atoms in total. The lowest BCUT2D eigenvalue weighted by molar-refractivity contribution is -0.143. The van der Waals surface area contributed by atoms with Crippen LogP contribution in [0.3, 0.4) is 0 Å². The number of carbonyl (C=O) groups is 1. The van der Waals surface area contributed by atoms with E-state index in [9.17, 15) is 15.0 Å². The zero-order valence-corrected chi connectivity index (χ0v) is 14.9. The number of nitrogens with two attached hydrogens (primary N) is 1. The van der Waals surface area contributed by atoms with E-state index in [-0.39, 0.29) is 6.42 Å². The van der Waals surface area contributed by atoms with Crippen molar-refractivity contribution in [3.05, 3.63) is 29.8 Å². The van der Waals surface area contributed by atoms with Gasteiger partial charge in [-0.1, -0.05) is 44.7 Å². The maximum atomic E-state index is 10.7. The molecule has 0 bridgehead atoms. The molecule has 25 heavy (non-hydrogen) atoms. The van der Waals surface area contributed by atoms with Crippen molar-refractivity contribution in [1.82, 2.24) is 0 Å². The fraction of sp³-hybridized carbons (Fsp3) is 0.632. The molecule has 6 heteroatoms. The minimum atomic E-state index is -1.48. The lowest BCUT2D eigenvalue weighted by atomic mass is 9.99. The van der Waals surface area contributed by atoms with Crippen LogP contribution in [0.5, 0.6) is 5.75 Å². The monoisotopic (exact) mass is 353 g/mol. The first-order valence-corrected chi connectivity index (χ1v) is 9.02. The summed E-state index contributed by atoms with van der Waals surface area (Å²) in [7, 11) is 0. The molecule has 0 aromatic heterocycles. The van der Waals surface area contributed by atoms with Crippen molar-refractivity contribution in [3.8, 4) is 5.75 Å². The minimum Gasteiger partial charge on any atom is -0.494 e. The van der Waals surface area contributed by atoms with Crippen LogP contribution in [0.4, 0.5) is 0 Å². The average Bonchev–Trinajstić information content (AvgIpc) is 2.62. The van der Waals surface area contributed by atoms with Crippen LogP contribution < -0.4 is 10.5 Å². The molecule has 0 aliphatic rings. The molecular weight excluding hydrogens is 322 g/mol. The molecule has 1 aromatic carbocycles. The van der Waals surface area contributed by atoms with Gasteiger partial charge >= 0.3 is 5.97 Å². The SMILES string of the molecule is CCCCCCCOc1ccc(CCC(O)C(O)C(N)C(=O)O)cc1. The highest BCUT2D eigenvalue weighted by molar-refractivity contribution is 5.74. The van der Waals surface area contributed by atoms with Crippen molar-refractivity contribution >= 4 is 5.97 Å². The summed E-state index contributed by atoms with van der Waals surface area (Å²) in [6.07, 6.45) is 4.08. The van der Waals surface area contributed by atoms with Crippen LogP contribution in [0, 0.1) is 0 Å². The van der Waals surface area contributed by atoms with Crippen molar-refractivity contribution in [1.29, 1.82) is 0 Å². The van der Waals surface area contributed by atoms with Crippen molar-refractivity contribution < 1.29 is 24.9 Å². The number of aliphatic carboxylic acids is 1. The quantitative estimate of drug-likeness (QED) is 0.404.